The summed E-state index contributed by atoms with van der Waals surface area (Å²) in [5.41, 5.74) is 2.19. The van der Waals surface area contributed by atoms with Gasteiger partial charge in [0.05, 0.1) is 16.7 Å². The molecule has 3 aromatic rings. The number of halogens is 2. The van der Waals surface area contributed by atoms with E-state index in [0.717, 1.165) is 5.69 Å². The van der Waals surface area contributed by atoms with E-state index in [-0.39, 0.29) is 12.4 Å². The van der Waals surface area contributed by atoms with E-state index < -0.39 is 12.3 Å². The number of hydrogen-bond donors (Lipinski definition) is 1. The van der Waals surface area contributed by atoms with Crippen molar-refractivity contribution in [1.29, 1.82) is 0 Å². The Morgan fingerprint density at radius 1 is 1.24 bits per heavy atom. The number of pyridine rings is 1. The fourth-order valence-corrected chi connectivity index (χ4v) is 3.10. The molecule has 0 spiro atoms. The summed E-state index contributed by atoms with van der Waals surface area (Å²) < 4.78 is 33.1. The van der Waals surface area contributed by atoms with Crippen molar-refractivity contribution in [3.05, 3.63) is 59.9 Å². The molecule has 4 rings (SSSR count). The Bertz CT molecular complexity index is 855. The fraction of sp³-hybridized carbons (Fsp3) is 0.333. The van der Waals surface area contributed by atoms with E-state index in [4.69, 9.17) is 4.74 Å². The maximum absolute atomic E-state index is 14.2. The van der Waals surface area contributed by atoms with Crippen LogP contribution in [-0.4, -0.2) is 45.2 Å². The molecule has 1 fully saturated rings. The van der Waals surface area contributed by atoms with Gasteiger partial charge in [-0.15, -0.1) is 0 Å². The molecule has 0 bridgehead atoms. The summed E-state index contributed by atoms with van der Waals surface area (Å²) in [7, 11) is 0. The first kappa shape index (κ1) is 16.1. The molecule has 1 aliphatic heterocycles. The van der Waals surface area contributed by atoms with Crippen molar-refractivity contribution in [2.75, 3.05) is 13.1 Å². The van der Waals surface area contributed by atoms with Gasteiger partial charge in [0.15, 0.2) is 0 Å². The molecule has 1 aromatic carbocycles. The van der Waals surface area contributed by atoms with E-state index >= 15 is 0 Å². The summed E-state index contributed by atoms with van der Waals surface area (Å²) in [4.78, 5) is 13.6. The van der Waals surface area contributed by atoms with Gasteiger partial charge in [0.2, 0.25) is 0 Å². The lowest BCUT2D eigenvalue weighted by Crippen LogP contribution is -2.24. The number of alkyl halides is 1. The van der Waals surface area contributed by atoms with Gasteiger partial charge in [0, 0.05) is 25.8 Å². The second-order valence-corrected chi connectivity index (χ2v) is 6.23. The number of hydrogen-bond acceptors (Lipinski definition) is 4. The Labute approximate surface area is 143 Å². The first-order valence-electron chi connectivity index (χ1n) is 8.19. The molecular weight excluding hydrogens is 326 g/mol. The van der Waals surface area contributed by atoms with E-state index in [1.54, 1.807) is 12.3 Å². The second kappa shape index (κ2) is 6.85. The van der Waals surface area contributed by atoms with Crippen LogP contribution in [0, 0.1) is 5.82 Å². The molecule has 1 N–H and O–H groups in total. The van der Waals surface area contributed by atoms with Gasteiger partial charge < -0.3 is 9.72 Å². The Morgan fingerprint density at radius 3 is 3.00 bits per heavy atom. The standard InChI is InChI=1S/C18H18F2N4O/c19-12-4-5-15-16(7-12)23-18(22-15)11-25-17-10-24(9-14(17)20)8-13-3-1-2-6-21-13/h1-7,14,17H,8-11H2,(H,22,23)/t14-,17+/m1/s1. The third-order valence-corrected chi connectivity index (χ3v) is 4.31. The minimum Gasteiger partial charge on any atom is -0.366 e. The van der Waals surface area contributed by atoms with Gasteiger partial charge in [-0.05, 0) is 30.3 Å². The molecule has 0 amide bonds. The number of rotatable bonds is 5. The van der Waals surface area contributed by atoms with Crippen LogP contribution < -0.4 is 0 Å². The summed E-state index contributed by atoms with van der Waals surface area (Å²) in [6.07, 6.45) is 0.177. The van der Waals surface area contributed by atoms with Crippen molar-refractivity contribution in [3.63, 3.8) is 0 Å². The lowest BCUT2D eigenvalue weighted by molar-refractivity contribution is 0.00861. The normalized spacial score (nSPS) is 21.2. The highest BCUT2D eigenvalue weighted by molar-refractivity contribution is 5.74. The second-order valence-electron chi connectivity index (χ2n) is 6.23. The summed E-state index contributed by atoms with van der Waals surface area (Å²) in [6, 6.07) is 10.0. The van der Waals surface area contributed by atoms with E-state index in [1.165, 1.54) is 12.1 Å². The van der Waals surface area contributed by atoms with Crippen LogP contribution in [0.5, 0.6) is 0 Å². The average Bonchev–Trinajstić information content (AvgIpc) is 3.16. The van der Waals surface area contributed by atoms with Crippen molar-refractivity contribution in [3.8, 4) is 0 Å². The fourth-order valence-electron chi connectivity index (χ4n) is 3.10. The van der Waals surface area contributed by atoms with Gasteiger partial charge in [-0.2, -0.15) is 0 Å². The number of nitrogens with zero attached hydrogens (tertiary/aromatic N) is 3. The molecule has 0 unspecified atom stereocenters. The molecule has 5 nitrogen and oxygen atoms in total. The highest BCUT2D eigenvalue weighted by Gasteiger charge is 2.33. The molecular formula is C18H18F2N4O. The molecule has 0 saturated carbocycles. The number of fused-ring (bicyclic) bond motifs is 1. The number of aromatic amines is 1. The average molecular weight is 344 g/mol. The van der Waals surface area contributed by atoms with Gasteiger partial charge in [-0.1, -0.05) is 6.07 Å². The van der Waals surface area contributed by atoms with Gasteiger partial charge in [0.25, 0.3) is 0 Å². The van der Waals surface area contributed by atoms with Crippen molar-refractivity contribution < 1.29 is 13.5 Å². The third kappa shape index (κ3) is 3.67. The van der Waals surface area contributed by atoms with Gasteiger partial charge in [-0.25, -0.2) is 13.8 Å². The number of ether oxygens (including phenoxy) is 1. The quantitative estimate of drug-likeness (QED) is 0.773. The topological polar surface area (TPSA) is 54.0 Å². The minimum absolute atomic E-state index is 0.165. The molecule has 0 radical (unpaired) electrons. The molecule has 2 atom stereocenters. The van der Waals surface area contributed by atoms with E-state index in [1.807, 2.05) is 23.1 Å². The molecule has 0 aliphatic carbocycles. The first-order chi connectivity index (χ1) is 12.2. The van der Waals surface area contributed by atoms with E-state index in [0.29, 0.717) is 36.5 Å². The van der Waals surface area contributed by atoms with Crippen LogP contribution in [-0.2, 0) is 17.9 Å². The van der Waals surface area contributed by atoms with E-state index in [2.05, 4.69) is 15.0 Å². The zero-order valence-electron chi connectivity index (χ0n) is 13.5. The van der Waals surface area contributed by atoms with Crippen molar-refractivity contribution in [1.82, 2.24) is 19.9 Å². The van der Waals surface area contributed by atoms with E-state index in [9.17, 15) is 8.78 Å². The summed E-state index contributed by atoms with van der Waals surface area (Å²) in [6.45, 7) is 1.60. The number of likely N-dealkylation sites (tertiary alicyclic amines) is 1. The molecule has 3 heterocycles. The van der Waals surface area contributed by atoms with Crippen LogP contribution in [0.15, 0.2) is 42.6 Å². The third-order valence-electron chi connectivity index (χ3n) is 4.31. The lowest BCUT2D eigenvalue weighted by Gasteiger charge is -2.15. The molecule has 1 saturated heterocycles. The summed E-state index contributed by atoms with van der Waals surface area (Å²) in [5.74, 6) is 0.240. The predicted octanol–water partition coefficient (Wildman–Crippen LogP) is 2.84. The smallest absolute Gasteiger partial charge is 0.140 e. The number of imidazole rings is 1. The van der Waals surface area contributed by atoms with Gasteiger partial charge in [-0.3, -0.25) is 9.88 Å². The Morgan fingerprint density at radius 2 is 2.16 bits per heavy atom. The zero-order valence-corrected chi connectivity index (χ0v) is 13.5. The highest BCUT2D eigenvalue weighted by atomic mass is 19.1. The number of aromatic nitrogens is 3. The number of nitrogens with one attached hydrogen (secondary N) is 1. The summed E-state index contributed by atoms with van der Waals surface area (Å²) >= 11 is 0. The number of H-pyrrole nitrogens is 1. The van der Waals surface area contributed by atoms with Crippen LogP contribution in [0.3, 0.4) is 0 Å². The highest BCUT2D eigenvalue weighted by Crippen LogP contribution is 2.20. The minimum atomic E-state index is -1.05. The predicted molar refractivity (Wildman–Crippen MR) is 89.0 cm³/mol. The molecule has 7 heteroatoms. The lowest BCUT2D eigenvalue weighted by atomic mass is 10.3. The SMILES string of the molecule is Fc1ccc2nc(CO[C@H]3CN(Cc4ccccn4)C[C@H]3F)[nH]c2c1. The maximum atomic E-state index is 14.2. The summed E-state index contributed by atoms with van der Waals surface area (Å²) in [5, 5.41) is 0. The van der Waals surface area contributed by atoms with Crippen LogP contribution in [0.2, 0.25) is 0 Å². The van der Waals surface area contributed by atoms with Crippen LogP contribution in [0.25, 0.3) is 11.0 Å². The first-order valence-corrected chi connectivity index (χ1v) is 8.19. The van der Waals surface area contributed by atoms with Crippen LogP contribution >= 0.6 is 0 Å². The van der Waals surface area contributed by atoms with Crippen molar-refractivity contribution >= 4 is 11.0 Å². The molecule has 25 heavy (non-hydrogen) atoms. The van der Waals surface area contributed by atoms with Crippen molar-refractivity contribution in [2.45, 2.75) is 25.4 Å². The molecule has 1 aliphatic rings. The Kier molecular flexibility index (Phi) is 4.42. The molecule has 2 aromatic heterocycles. The maximum Gasteiger partial charge on any atom is 0.140 e. The zero-order chi connectivity index (χ0) is 17.2. The number of benzene rings is 1. The van der Waals surface area contributed by atoms with Crippen LogP contribution in [0.4, 0.5) is 8.78 Å². The van der Waals surface area contributed by atoms with Gasteiger partial charge in [0.1, 0.15) is 30.5 Å². The largest absolute Gasteiger partial charge is 0.366 e. The Balaban J connectivity index is 1.35. The molecule has 130 valence electrons. The van der Waals surface area contributed by atoms with Crippen molar-refractivity contribution in [2.24, 2.45) is 0 Å². The van der Waals surface area contributed by atoms with Gasteiger partial charge >= 0.3 is 0 Å². The van der Waals surface area contributed by atoms with Crippen LogP contribution in [0.1, 0.15) is 11.5 Å². The monoisotopic (exact) mass is 344 g/mol. The Hall–Kier alpha value is -2.38.